The van der Waals surface area contributed by atoms with Crippen LogP contribution in [0, 0.1) is 11.8 Å². The SMILES string of the molecule is CC1CCN(C(=O)CCC2CCOCC2)C(CN)C1.Cl. The van der Waals surface area contributed by atoms with E-state index in [0.29, 0.717) is 30.7 Å². The van der Waals surface area contributed by atoms with Crippen LogP contribution in [0.4, 0.5) is 0 Å². The van der Waals surface area contributed by atoms with Gasteiger partial charge in [-0.2, -0.15) is 0 Å². The number of ether oxygens (including phenoxy) is 1. The Kier molecular flexibility index (Phi) is 7.85. The van der Waals surface area contributed by atoms with Crippen molar-refractivity contribution in [2.75, 3.05) is 26.3 Å². The highest BCUT2D eigenvalue weighted by Crippen LogP contribution is 2.25. The van der Waals surface area contributed by atoms with E-state index in [1.807, 2.05) is 4.90 Å². The third-order valence-corrected chi connectivity index (χ3v) is 4.68. The zero-order chi connectivity index (χ0) is 13.7. The van der Waals surface area contributed by atoms with E-state index in [-0.39, 0.29) is 18.4 Å². The second kappa shape index (κ2) is 8.85. The molecule has 0 saturated carbocycles. The molecule has 0 aliphatic carbocycles. The van der Waals surface area contributed by atoms with E-state index in [0.717, 1.165) is 51.9 Å². The number of halogens is 1. The van der Waals surface area contributed by atoms with E-state index in [1.165, 1.54) is 0 Å². The summed E-state index contributed by atoms with van der Waals surface area (Å²) in [5.74, 6) is 1.69. The van der Waals surface area contributed by atoms with Gasteiger partial charge in [0.2, 0.25) is 5.91 Å². The number of amides is 1. The van der Waals surface area contributed by atoms with Crippen molar-refractivity contribution in [2.24, 2.45) is 17.6 Å². The van der Waals surface area contributed by atoms with Gasteiger partial charge in [0.15, 0.2) is 0 Å². The van der Waals surface area contributed by atoms with E-state index in [2.05, 4.69) is 6.92 Å². The lowest BCUT2D eigenvalue weighted by Crippen LogP contribution is -2.49. The van der Waals surface area contributed by atoms with E-state index in [9.17, 15) is 4.79 Å². The van der Waals surface area contributed by atoms with E-state index in [1.54, 1.807) is 0 Å². The lowest BCUT2D eigenvalue weighted by molar-refractivity contribution is -0.135. The lowest BCUT2D eigenvalue weighted by Gasteiger charge is -2.38. The van der Waals surface area contributed by atoms with Gasteiger partial charge < -0.3 is 15.4 Å². The lowest BCUT2D eigenvalue weighted by atomic mass is 9.91. The van der Waals surface area contributed by atoms with Crippen molar-refractivity contribution >= 4 is 18.3 Å². The number of hydrogen-bond acceptors (Lipinski definition) is 3. The van der Waals surface area contributed by atoms with Gasteiger partial charge in [-0.15, -0.1) is 12.4 Å². The summed E-state index contributed by atoms with van der Waals surface area (Å²) in [5, 5.41) is 0. The van der Waals surface area contributed by atoms with Crippen LogP contribution < -0.4 is 5.73 Å². The number of nitrogens with two attached hydrogens (primary N) is 1. The molecule has 0 bridgehead atoms. The van der Waals surface area contributed by atoms with Crippen LogP contribution in [0.1, 0.15) is 45.4 Å². The Bertz CT molecular complexity index is 296. The fourth-order valence-electron chi connectivity index (χ4n) is 3.31. The van der Waals surface area contributed by atoms with Gasteiger partial charge in [-0.3, -0.25) is 4.79 Å². The average molecular weight is 305 g/mol. The maximum absolute atomic E-state index is 12.4. The van der Waals surface area contributed by atoms with E-state index >= 15 is 0 Å². The Balaban J connectivity index is 0.00000200. The number of likely N-dealkylation sites (tertiary alicyclic amines) is 1. The first-order chi connectivity index (χ1) is 9.20. The zero-order valence-corrected chi connectivity index (χ0v) is 13.4. The van der Waals surface area contributed by atoms with Crippen LogP contribution in [0.15, 0.2) is 0 Å². The molecule has 0 radical (unpaired) electrons. The van der Waals surface area contributed by atoms with Crippen LogP contribution in [0.5, 0.6) is 0 Å². The molecule has 4 nitrogen and oxygen atoms in total. The monoisotopic (exact) mass is 304 g/mol. The predicted octanol–water partition coefficient (Wildman–Crippen LogP) is 2.20. The van der Waals surface area contributed by atoms with Crippen molar-refractivity contribution in [1.82, 2.24) is 4.90 Å². The molecule has 2 aliphatic rings. The molecule has 0 aromatic carbocycles. The van der Waals surface area contributed by atoms with Crippen molar-refractivity contribution < 1.29 is 9.53 Å². The van der Waals surface area contributed by atoms with E-state index < -0.39 is 0 Å². The van der Waals surface area contributed by atoms with Crippen molar-refractivity contribution in [2.45, 2.75) is 51.5 Å². The smallest absolute Gasteiger partial charge is 0.222 e. The summed E-state index contributed by atoms with van der Waals surface area (Å²) in [6.45, 7) is 5.49. The fourth-order valence-corrected chi connectivity index (χ4v) is 3.31. The molecule has 2 atom stereocenters. The van der Waals surface area contributed by atoms with E-state index in [4.69, 9.17) is 10.5 Å². The first-order valence-corrected chi connectivity index (χ1v) is 7.78. The number of carbonyl (C=O) groups excluding carboxylic acids is 1. The number of piperidine rings is 1. The minimum absolute atomic E-state index is 0. The van der Waals surface area contributed by atoms with Crippen LogP contribution >= 0.6 is 12.4 Å². The van der Waals surface area contributed by atoms with Crippen molar-refractivity contribution in [1.29, 1.82) is 0 Å². The molecule has 5 heteroatoms. The molecule has 2 aliphatic heterocycles. The third-order valence-electron chi connectivity index (χ3n) is 4.68. The molecule has 2 heterocycles. The first kappa shape index (κ1) is 17.7. The average Bonchev–Trinajstić information content (AvgIpc) is 2.45. The molecule has 1 amide bonds. The molecular formula is C15H29ClN2O2. The predicted molar refractivity (Wildman–Crippen MR) is 83.0 cm³/mol. The molecule has 118 valence electrons. The summed E-state index contributed by atoms with van der Waals surface area (Å²) in [4.78, 5) is 14.4. The fraction of sp³-hybridized carbons (Fsp3) is 0.933. The zero-order valence-electron chi connectivity index (χ0n) is 12.6. The minimum atomic E-state index is 0. The molecule has 2 unspecified atom stereocenters. The molecule has 2 saturated heterocycles. The Labute approximate surface area is 128 Å². The highest BCUT2D eigenvalue weighted by molar-refractivity contribution is 5.85. The molecule has 0 spiro atoms. The second-order valence-electron chi connectivity index (χ2n) is 6.20. The number of rotatable bonds is 4. The molecule has 2 fully saturated rings. The number of hydrogen-bond donors (Lipinski definition) is 1. The van der Waals surface area contributed by atoms with Gasteiger partial charge in [0.1, 0.15) is 0 Å². The summed E-state index contributed by atoms with van der Waals surface area (Å²) in [6, 6.07) is 0.269. The highest BCUT2D eigenvalue weighted by Gasteiger charge is 2.29. The van der Waals surface area contributed by atoms with Gasteiger partial charge in [-0.05, 0) is 43.9 Å². The van der Waals surface area contributed by atoms with Gasteiger partial charge in [0.25, 0.3) is 0 Å². The van der Waals surface area contributed by atoms with Gasteiger partial charge in [-0.25, -0.2) is 0 Å². The Hall–Kier alpha value is -0.320. The number of nitrogens with zero attached hydrogens (tertiary/aromatic N) is 1. The van der Waals surface area contributed by atoms with Crippen LogP contribution in [-0.2, 0) is 9.53 Å². The van der Waals surface area contributed by atoms with Crippen molar-refractivity contribution in [3.05, 3.63) is 0 Å². The van der Waals surface area contributed by atoms with Crippen molar-refractivity contribution in [3.8, 4) is 0 Å². The minimum Gasteiger partial charge on any atom is -0.381 e. The molecular weight excluding hydrogens is 276 g/mol. The van der Waals surface area contributed by atoms with Gasteiger partial charge in [0, 0.05) is 38.8 Å². The molecule has 2 N–H and O–H groups in total. The summed E-state index contributed by atoms with van der Waals surface area (Å²) in [7, 11) is 0. The van der Waals surface area contributed by atoms with Crippen LogP contribution in [0.2, 0.25) is 0 Å². The normalized spacial score (nSPS) is 28.0. The van der Waals surface area contributed by atoms with Crippen molar-refractivity contribution in [3.63, 3.8) is 0 Å². The maximum atomic E-state index is 12.4. The standard InChI is InChI=1S/C15H28N2O2.ClH/c1-12-4-7-17(14(10-12)11-16)15(18)3-2-13-5-8-19-9-6-13;/h12-14H,2-11,16H2,1H3;1H. The maximum Gasteiger partial charge on any atom is 0.222 e. The largest absolute Gasteiger partial charge is 0.381 e. The number of carbonyl (C=O) groups is 1. The van der Waals surface area contributed by atoms with Crippen LogP contribution in [0.3, 0.4) is 0 Å². The third kappa shape index (κ3) is 4.90. The highest BCUT2D eigenvalue weighted by atomic mass is 35.5. The van der Waals surface area contributed by atoms with Gasteiger partial charge in [-0.1, -0.05) is 6.92 Å². The topological polar surface area (TPSA) is 55.6 Å². The Morgan fingerprint density at radius 2 is 2.00 bits per heavy atom. The van der Waals surface area contributed by atoms with Gasteiger partial charge >= 0.3 is 0 Å². The summed E-state index contributed by atoms with van der Waals surface area (Å²) >= 11 is 0. The summed E-state index contributed by atoms with van der Waals surface area (Å²) < 4.78 is 5.36. The Morgan fingerprint density at radius 3 is 2.65 bits per heavy atom. The quantitative estimate of drug-likeness (QED) is 0.866. The van der Waals surface area contributed by atoms with Gasteiger partial charge in [0.05, 0.1) is 0 Å². The van der Waals surface area contributed by atoms with Crippen LogP contribution in [0.25, 0.3) is 0 Å². The Morgan fingerprint density at radius 1 is 1.30 bits per heavy atom. The molecule has 2 rings (SSSR count). The van der Waals surface area contributed by atoms with Crippen LogP contribution in [-0.4, -0.2) is 43.2 Å². The molecule has 0 aromatic heterocycles. The molecule has 0 aromatic rings. The summed E-state index contributed by atoms with van der Waals surface area (Å²) in [6.07, 6.45) is 6.13. The molecule has 20 heavy (non-hydrogen) atoms. The first-order valence-electron chi connectivity index (χ1n) is 7.78. The summed E-state index contributed by atoms with van der Waals surface area (Å²) in [5.41, 5.74) is 5.82. The second-order valence-corrected chi connectivity index (χ2v) is 6.20.